The minimum atomic E-state index is -0.526. The zero-order valence-corrected chi connectivity index (χ0v) is 12.4. The van der Waals surface area contributed by atoms with Crippen molar-refractivity contribution in [2.75, 3.05) is 7.05 Å². The monoisotopic (exact) mass is 306 g/mol. The summed E-state index contributed by atoms with van der Waals surface area (Å²) in [4.78, 5) is 10.2. The van der Waals surface area contributed by atoms with E-state index in [2.05, 4.69) is 5.32 Å². The molecular weight excluding hydrogens is 292 g/mol. The minimum absolute atomic E-state index is 0.0530. The van der Waals surface area contributed by atoms with Crippen molar-refractivity contribution in [3.63, 3.8) is 0 Å². The topological polar surface area (TPSA) is 64.4 Å². The fraction of sp³-hybridized carbons (Fsp3) is 0.200. The largest absolute Gasteiger partial charge is 0.457 e. The fourth-order valence-electron chi connectivity index (χ4n) is 1.85. The van der Waals surface area contributed by atoms with Crippen LogP contribution in [0.4, 0.5) is 5.69 Å². The summed E-state index contributed by atoms with van der Waals surface area (Å²) in [5.74, 6) is 1.11. The molecule has 1 unspecified atom stereocenters. The van der Waals surface area contributed by atoms with Gasteiger partial charge in [0, 0.05) is 18.2 Å². The molecule has 2 rings (SSSR count). The molecule has 1 atom stereocenters. The maximum absolute atomic E-state index is 10.7. The lowest BCUT2D eigenvalue weighted by molar-refractivity contribution is -0.384. The fourth-order valence-corrected chi connectivity index (χ4v) is 2.09. The quantitative estimate of drug-likeness (QED) is 0.660. The molecule has 2 aromatic rings. The summed E-state index contributed by atoms with van der Waals surface area (Å²) in [6.07, 6.45) is 0. The van der Waals surface area contributed by atoms with E-state index in [1.165, 1.54) is 18.2 Å². The molecule has 0 aliphatic rings. The van der Waals surface area contributed by atoms with Gasteiger partial charge in [0.1, 0.15) is 16.5 Å². The van der Waals surface area contributed by atoms with Crippen molar-refractivity contribution in [1.29, 1.82) is 0 Å². The van der Waals surface area contributed by atoms with Gasteiger partial charge in [-0.15, -0.1) is 0 Å². The molecule has 0 aliphatic heterocycles. The van der Waals surface area contributed by atoms with Crippen LogP contribution in [-0.4, -0.2) is 12.0 Å². The van der Waals surface area contributed by atoms with Crippen LogP contribution in [0.2, 0.25) is 5.02 Å². The van der Waals surface area contributed by atoms with E-state index in [0.717, 1.165) is 5.56 Å². The van der Waals surface area contributed by atoms with Gasteiger partial charge in [0.05, 0.1) is 4.92 Å². The van der Waals surface area contributed by atoms with E-state index in [-0.39, 0.29) is 16.8 Å². The van der Waals surface area contributed by atoms with Crippen LogP contribution in [0.25, 0.3) is 0 Å². The van der Waals surface area contributed by atoms with Gasteiger partial charge in [0.2, 0.25) is 0 Å². The molecule has 0 saturated heterocycles. The van der Waals surface area contributed by atoms with Gasteiger partial charge in [-0.3, -0.25) is 10.1 Å². The molecule has 0 amide bonds. The summed E-state index contributed by atoms with van der Waals surface area (Å²) in [5.41, 5.74) is 0.949. The number of benzene rings is 2. The maximum atomic E-state index is 10.7. The number of ether oxygens (including phenoxy) is 1. The third kappa shape index (κ3) is 3.71. The van der Waals surface area contributed by atoms with Crippen LogP contribution in [0, 0.1) is 10.1 Å². The summed E-state index contributed by atoms with van der Waals surface area (Å²) in [6.45, 7) is 2.04. The molecular formula is C15H15ClN2O3. The van der Waals surface area contributed by atoms with E-state index in [9.17, 15) is 10.1 Å². The second kappa shape index (κ2) is 6.56. The van der Waals surface area contributed by atoms with Crippen molar-refractivity contribution in [3.8, 4) is 11.5 Å². The van der Waals surface area contributed by atoms with E-state index in [4.69, 9.17) is 16.3 Å². The van der Waals surface area contributed by atoms with Crippen LogP contribution in [0.15, 0.2) is 42.5 Å². The Morgan fingerprint density at radius 1 is 1.24 bits per heavy atom. The molecule has 2 aromatic carbocycles. The molecule has 0 heterocycles. The lowest BCUT2D eigenvalue weighted by Crippen LogP contribution is -2.11. The van der Waals surface area contributed by atoms with Crippen LogP contribution < -0.4 is 10.1 Å². The molecule has 0 aromatic heterocycles. The normalized spacial score (nSPS) is 12.0. The van der Waals surface area contributed by atoms with Crippen LogP contribution in [0.5, 0.6) is 11.5 Å². The number of nitro groups is 1. The van der Waals surface area contributed by atoms with Crippen LogP contribution in [0.1, 0.15) is 18.5 Å². The second-order valence-electron chi connectivity index (χ2n) is 4.56. The predicted molar refractivity (Wildman–Crippen MR) is 82.1 cm³/mol. The van der Waals surface area contributed by atoms with E-state index >= 15 is 0 Å². The average Bonchev–Trinajstić information content (AvgIpc) is 2.46. The van der Waals surface area contributed by atoms with E-state index in [1.54, 1.807) is 0 Å². The molecule has 0 aliphatic carbocycles. The lowest BCUT2D eigenvalue weighted by Gasteiger charge is -2.12. The van der Waals surface area contributed by atoms with E-state index < -0.39 is 4.92 Å². The molecule has 21 heavy (non-hydrogen) atoms. The molecule has 110 valence electrons. The van der Waals surface area contributed by atoms with Crippen molar-refractivity contribution < 1.29 is 9.66 Å². The third-order valence-electron chi connectivity index (χ3n) is 3.14. The highest BCUT2D eigenvalue weighted by atomic mass is 35.5. The maximum Gasteiger partial charge on any atom is 0.288 e. The van der Waals surface area contributed by atoms with Crippen LogP contribution >= 0.6 is 11.6 Å². The predicted octanol–water partition coefficient (Wildman–Crippen LogP) is 4.32. The second-order valence-corrected chi connectivity index (χ2v) is 4.96. The molecule has 0 saturated carbocycles. The van der Waals surface area contributed by atoms with Crippen LogP contribution in [0.3, 0.4) is 0 Å². The summed E-state index contributed by atoms with van der Waals surface area (Å²) in [7, 11) is 1.88. The van der Waals surface area contributed by atoms with Gasteiger partial charge in [-0.25, -0.2) is 0 Å². The Bertz CT molecular complexity index is 661. The van der Waals surface area contributed by atoms with E-state index in [0.29, 0.717) is 11.5 Å². The number of nitrogens with zero attached hydrogens (tertiary/aromatic N) is 1. The third-order valence-corrected chi connectivity index (χ3v) is 3.45. The highest BCUT2D eigenvalue weighted by Gasteiger charge is 2.13. The van der Waals surface area contributed by atoms with E-state index in [1.807, 2.05) is 38.2 Å². The van der Waals surface area contributed by atoms with Crippen molar-refractivity contribution in [2.45, 2.75) is 13.0 Å². The first kappa shape index (κ1) is 15.3. The zero-order chi connectivity index (χ0) is 15.4. The van der Waals surface area contributed by atoms with Crippen LogP contribution in [-0.2, 0) is 0 Å². The first-order valence-electron chi connectivity index (χ1n) is 6.40. The van der Waals surface area contributed by atoms with Crippen molar-refractivity contribution in [3.05, 3.63) is 63.2 Å². The number of nitro benzene ring substituents is 1. The van der Waals surface area contributed by atoms with Crippen molar-refractivity contribution >= 4 is 17.3 Å². The Labute approximate surface area is 127 Å². The van der Waals surface area contributed by atoms with Crippen molar-refractivity contribution in [2.24, 2.45) is 0 Å². The highest BCUT2D eigenvalue weighted by Crippen LogP contribution is 2.31. The standard InChI is InChI=1S/C15H15ClN2O3/c1-10(17-2)11-4-3-5-12(8-11)21-13-6-7-15(18(19)20)14(16)9-13/h3-10,17H,1-2H3. The van der Waals surface area contributed by atoms with Crippen molar-refractivity contribution in [1.82, 2.24) is 5.32 Å². The molecule has 0 fully saturated rings. The Morgan fingerprint density at radius 2 is 1.95 bits per heavy atom. The summed E-state index contributed by atoms with van der Waals surface area (Å²) >= 11 is 5.86. The van der Waals surface area contributed by atoms with Gasteiger partial charge in [-0.05, 0) is 37.7 Å². The number of rotatable bonds is 5. The average molecular weight is 307 g/mol. The van der Waals surface area contributed by atoms with Gasteiger partial charge in [-0.1, -0.05) is 23.7 Å². The Balaban J connectivity index is 2.22. The molecule has 1 N–H and O–H groups in total. The molecule has 0 spiro atoms. The number of nitrogens with one attached hydrogen (secondary N) is 1. The molecule has 5 nitrogen and oxygen atoms in total. The summed E-state index contributed by atoms with van der Waals surface area (Å²) < 4.78 is 5.69. The SMILES string of the molecule is CNC(C)c1cccc(Oc2ccc([N+](=O)[O-])c(Cl)c2)c1. The number of halogens is 1. The first-order valence-corrected chi connectivity index (χ1v) is 6.78. The lowest BCUT2D eigenvalue weighted by atomic mass is 10.1. The van der Waals surface area contributed by atoms with Gasteiger partial charge in [-0.2, -0.15) is 0 Å². The Morgan fingerprint density at radius 3 is 2.57 bits per heavy atom. The first-order chi connectivity index (χ1) is 10.0. The Kier molecular flexibility index (Phi) is 4.77. The zero-order valence-electron chi connectivity index (χ0n) is 11.7. The number of hydrogen-bond acceptors (Lipinski definition) is 4. The number of hydrogen-bond donors (Lipinski definition) is 1. The summed E-state index contributed by atoms with van der Waals surface area (Å²) in [5, 5.41) is 13.9. The highest BCUT2D eigenvalue weighted by molar-refractivity contribution is 6.32. The van der Waals surface area contributed by atoms with Gasteiger partial charge >= 0.3 is 0 Å². The smallest absolute Gasteiger partial charge is 0.288 e. The molecule has 0 radical (unpaired) electrons. The minimum Gasteiger partial charge on any atom is -0.457 e. The van der Waals surface area contributed by atoms with Gasteiger partial charge < -0.3 is 10.1 Å². The Hall–Kier alpha value is -2.11. The molecule has 6 heteroatoms. The van der Waals surface area contributed by atoms with Gasteiger partial charge in [0.25, 0.3) is 5.69 Å². The van der Waals surface area contributed by atoms with Gasteiger partial charge in [0.15, 0.2) is 0 Å². The molecule has 0 bridgehead atoms. The summed E-state index contributed by atoms with van der Waals surface area (Å²) in [6, 6.07) is 12.1.